The number of carbonyl (C=O) groups excluding carboxylic acids is 2. The molecule has 1 aromatic carbocycles. The van der Waals surface area contributed by atoms with Crippen molar-refractivity contribution in [1.82, 2.24) is 0 Å². The Labute approximate surface area is 115 Å². The van der Waals surface area contributed by atoms with Crippen LogP contribution >= 0.6 is 0 Å². The van der Waals surface area contributed by atoms with Crippen molar-refractivity contribution in [3.8, 4) is 5.75 Å². The molecule has 0 saturated heterocycles. The second-order valence-corrected chi connectivity index (χ2v) is 3.72. The topological polar surface area (TPSA) is 95.7 Å². The molecule has 0 aliphatic rings. The Bertz CT molecular complexity index is 482. The first kappa shape index (κ1) is 15.6. The molecule has 0 fully saturated rings. The van der Waals surface area contributed by atoms with Gasteiger partial charge < -0.3 is 9.47 Å². The third-order valence-electron chi connectivity index (χ3n) is 2.21. The molecule has 0 aromatic heterocycles. The molecular formula is C13H14NO6. The van der Waals surface area contributed by atoms with Gasteiger partial charge in [0.15, 0.2) is 0 Å². The van der Waals surface area contributed by atoms with Gasteiger partial charge in [-0.25, -0.2) is 4.79 Å². The standard InChI is InChI=1S/C13H14NO6/c1-2-19-13(16)10-5-7-11(8-6-10)20-12(15)4-3-9-14(17)18/h4-8H,2-3,9H2,1H3. The van der Waals surface area contributed by atoms with Crippen LogP contribution < -0.4 is 4.74 Å². The van der Waals surface area contributed by atoms with Crippen molar-refractivity contribution in [1.29, 1.82) is 0 Å². The monoisotopic (exact) mass is 280 g/mol. The maximum absolute atomic E-state index is 11.4. The van der Waals surface area contributed by atoms with Gasteiger partial charge in [-0.05, 0) is 31.2 Å². The normalized spacial score (nSPS) is 9.85. The Morgan fingerprint density at radius 3 is 2.50 bits per heavy atom. The van der Waals surface area contributed by atoms with Gasteiger partial charge in [0, 0.05) is 11.3 Å². The first-order valence-corrected chi connectivity index (χ1v) is 5.97. The lowest BCUT2D eigenvalue weighted by molar-refractivity contribution is -0.479. The van der Waals surface area contributed by atoms with E-state index in [1.165, 1.54) is 24.3 Å². The van der Waals surface area contributed by atoms with Crippen LogP contribution in [0.25, 0.3) is 0 Å². The third-order valence-corrected chi connectivity index (χ3v) is 2.21. The van der Waals surface area contributed by atoms with Crippen LogP contribution in [-0.4, -0.2) is 30.0 Å². The highest BCUT2D eigenvalue weighted by Gasteiger charge is 2.10. The number of esters is 2. The number of ether oxygens (including phenoxy) is 2. The number of benzene rings is 1. The van der Waals surface area contributed by atoms with E-state index in [9.17, 15) is 19.7 Å². The van der Waals surface area contributed by atoms with E-state index in [0.717, 1.165) is 6.42 Å². The molecule has 7 nitrogen and oxygen atoms in total. The molecule has 7 heteroatoms. The molecule has 0 aliphatic carbocycles. The van der Waals surface area contributed by atoms with E-state index in [4.69, 9.17) is 9.47 Å². The number of hydrogen-bond donors (Lipinski definition) is 0. The Kier molecular flexibility index (Phi) is 6.15. The summed E-state index contributed by atoms with van der Waals surface area (Å²) in [6, 6.07) is 5.84. The largest absolute Gasteiger partial charge is 0.462 e. The van der Waals surface area contributed by atoms with Crippen molar-refractivity contribution in [3.63, 3.8) is 0 Å². The Balaban J connectivity index is 2.46. The molecule has 1 radical (unpaired) electrons. The fourth-order valence-electron chi connectivity index (χ4n) is 1.32. The highest BCUT2D eigenvalue weighted by molar-refractivity contribution is 5.89. The van der Waals surface area contributed by atoms with E-state index in [1.807, 2.05) is 0 Å². The average molecular weight is 280 g/mol. The molecule has 0 heterocycles. The summed E-state index contributed by atoms with van der Waals surface area (Å²) in [4.78, 5) is 32.3. The van der Waals surface area contributed by atoms with E-state index in [1.54, 1.807) is 6.92 Å². The molecule has 0 spiro atoms. The second-order valence-electron chi connectivity index (χ2n) is 3.72. The van der Waals surface area contributed by atoms with Crippen LogP contribution in [0.1, 0.15) is 23.7 Å². The number of hydrogen-bond acceptors (Lipinski definition) is 6. The van der Waals surface area contributed by atoms with Crippen LogP contribution in [0.3, 0.4) is 0 Å². The highest BCUT2D eigenvalue weighted by Crippen LogP contribution is 2.13. The molecule has 0 unspecified atom stereocenters. The van der Waals surface area contributed by atoms with Crippen LogP contribution in [0.2, 0.25) is 0 Å². The molecular weight excluding hydrogens is 266 g/mol. The second kappa shape index (κ2) is 7.88. The van der Waals surface area contributed by atoms with Crippen LogP contribution in [0.15, 0.2) is 24.3 Å². The fraction of sp³-hybridized carbons (Fsp3) is 0.308. The Morgan fingerprint density at radius 2 is 1.95 bits per heavy atom. The summed E-state index contributed by atoms with van der Waals surface area (Å²) in [7, 11) is 0. The van der Waals surface area contributed by atoms with Crippen LogP contribution in [0.5, 0.6) is 5.75 Å². The van der Waals surface area contributed by atoms with Gasteiger partial charge in [0.25, 0.3) is 0 Å². The van der Waals surface area contributed by atoms with E-state index in [2.05, 4.69) is 0 Å². The van der Waals surface area contributed by atoms with Gasteiger partial charge in [-0.3, -0.25) is 14.9 Å². The molecule has 1 rings (SSSR count). The van der Waals surface area contributed by atoms with Crippen molar-refractivity contribution in [2.45, 2.75) is 13.3 Å². The number of carbonyl (C=O) groups is 2. The summed E-state index contributed by atoms with van der Waals surface area (Å²) in [6.45, 7) is 1.66. The zero-order valence-corrected chi connectivity index (χ0v) is 10.9. The van der Waals surface area contributed by atoms with Crippen molar-refractivity contribution in [2.24, 2.45) is 0 Å². The van der Waals surface area contributed by atoms with Crippen molar-refractivity contribution in [3.05, 3.63) is 46.4 Å². The van der Waals surface area contributed by atoms with Crippen LogP contribution in [0, 0.1) is 16.5 Å². The summed E-state index contributed by atoms with van der Waals surface area (Å²) >= 11 is 0. The lowest BCUT2D eigenvalue weighted by Gasteiger charge is -2.05. The lowest BCUT2D eigenvalue weighted by Crippen LogP contribution is -2.11. The zero-order chi connectivity index (χ0) is 15.0. The fourth-order valence-corrected chi connectivity index (χ4v) is 1.32. The van der Waals surface area contributed by atoms with Gasteiger partial charge in [-0.1, -0.05) is 0 Å². The smallest absolute Gasteiger partial charge is 0.338 e. The van der Waals surface area contributed by atoms with Gasteiger partial charge >= 0.3 is 11.9 Å². The van der Waals surface area contributed by atoms with Gasteiger partial charge in [0.1, 0.15) is 5.75 Å². The highest BCUT2D eigenvalue weighted by atomic mass is 16.6. The van der Waals surface area contributed by atoms with Gasteiger partial charge in [0.05, 0.1) is 18.6 Å². The molecule has 0 N–H and O–H groups in total. The molecule has 0 bridgehead atoms. The van der Waals surface area contributed by atoms with E-state index >= 15 is 0 Å². The predicted molar refractivity (Wildman–Crippen MR) is 68.8 cm³/mol. The number of nitrogens with zero attached hydrogens (tertiary/aromatic N) is 1. The summed E-state index contributed by atoms with van der Waals surface area (Å²) in [5.41, 5.74) is 0.351. The zero-order valence-electron chi connectivity index (χ0n) is 10.9. The molecule has 0 saturated carbocycles. The first-order valence-electron chi connectivity index (χ1n) is 5.97. The Hall–Kier alpha value is -2.44. The van der Waals surface area contributed by atoms with E-state index in [-0.39, 0.29) is 25.3 Å². The minimum atomic E-state index is -0.671. The van der Waals surface area contributed by atoms with Gasteiger partial charge in [-0.2, -0.15) is 0 Å². The maximum Gasteiger partial charge on any atom is 0.338 e. The average Bonchev–Trinajstić information content (AvgIpc) is 2.39. The van der Waals surface area contributed by atoms with Crippen LogP contribution in [-0.2, 0) is 9.53 Å². The molecule has 1 aromatic rings. The number of rotatable bonds is 7. The quantitative estimate of drug-likeness (QED) is 0.326. The number of nitro groups is 1. The molecule has 0 amide bonds. The maximum atomic E-state index is 11.4. The summed E-state index contributed by atoms with van der Waals surface area (Å²) in [5.74, 6) is -0.876. The van der Waals surface area contributed by atoms with E-state index in [0.29, 0.717) is 5.56 Å². The predicted octanol–water partition coefficient (Wildman–Crippen LogP) is 1.64. The lowest BCUT2D eigenvalue weighted by atomic mass is 10.2. The minimum Gasteiger partial charge on any atom is -0.462 e. The summed E-state index contributed by atoms with van der Waals surface area (Å²) in [6.07, 6.45) is 1.11. The SMILES string of the molecule is CCOC(=O)c1ccc(OC(=O)[CH]CC[N+](=O)[O-])cc1. The molecule has 20 heavy (non-hydrogen) atoms. The summed E-state index contributed by atoms with van der Waals surface area (Å²) < 4.78 is 9.73. The van der Waals surface area contributed by atoms with Crippen molar-refractivity contribution < 1.29 is 24.0 Å². The molecule has 0 aliphatic heterocycles. The Morgan fingerprint density at radius 1 is 1.30 bits per heavy atom. The first-order chi connectivity index (χ1) is 9.52. The van der Waals surface area contributed by atoms with Crippen LogP contribution in [0.4, 0.5) is 0 Å². The van der Waals surface area contributed by atoms with Crippen molar-refractivity contribution >= 4 is 11.9 Å². The van der Waals surface area contributed by atoms with E-state index < -0.39 is 16.9 Å². The third kappa shape index (κ3) is 5.47. The minimum absolute atomic E-state index is 0.00669. The van der Waals surface area contributed by atoms with Crippen molar-refractivity contribution in [2.75, 3.05) is 13.2 Å². The molecule has 0 atom stereocenters. The summed E-state index contributed by atoms with van der Waals surface area (Å²) in [5, 5.41) is 10.1. The molecule has 107 valence electrons. The van der Waals surface area contributed by atoms with Gasteiger partial charge in [0.2, 0.25) is 6.54 Å². The van der Waals surface area contributed by atoms with Gasteiger partial charge in [-0.15, -0.1) is 0 Å².